The first-order valence-electron chi connectivity index (χ1n) is 11.5. The van der Waals surface area contributed by atoms with Gasteiger partial charge < -0.3 is 15.4 Å². The van der Waals surface area contributed by atoms with Crippen LogP contribution in [0.5, 0.6) is 5.75 Å². The number of carbonyl (C=O) groups is 1. The molecule has 3 aromatic heterocycles. The van der Waals surface area contributed by atoms with Crippen LogP contribution in [0, 0.1) is 0 Å². The van der Waals surface area contributed by atoms with Crippen molar-refractivity contribution in [1.82, 2.24) is 29.5 Å². The van der Waals surface area contributed by atoms with Gasteiger partial charge in [-0.25, -0.2) is 19.5 Å². The topological polar surface area (TPSA) is 112 Å². The zero-order valence-electron chi connectivity index (χ0n) is 19.8. The summed E-state index contributed by atoms with van der Waals surface area (Å²) in [6, 6.07) is 8.01. The zero-order chi connectivity index (χ0) is 25.4. The molecule has 4 aromatic rings. The predicted molar refractivity (Wildman–Crippen MR) is 126 cm³/mol. The third kappa shape index (κ3) is 3.34. The van der Waals surface area contributed by atoms with Crippen LogP contribution in [0.15, 0.2) is 42.7 Å². The number of halogens is 2. The van der Waals surface area contributed by atoms with Gasteiger partial charge in [0.2, 0.25) is 0 Å². The smallest absolute Gasteiger partial charge is 0.387 e. The molecule has 4 heterocycles. The van der Waals surface area contributed by atoms with Gasteiger partial charge in [-0.05, 0) is 44.5 Å². The molecule has 1 aliphatic carbocycles. The van der Waals surface area contributed by atoms with Crippen LogP contribution in [0.3, 0.4) is 0 Å². The first-order chi connectivity index (χ1) is 17.1. The van der Waals surface area contributed by atoms with Crippen molar-refractivity contribution >= 4 is 11.6 Å². The van der Waals surface area contributed by atoms with E-state index in [-0.39, 0.29) is 17.7 Å². The summed E-state index contributed by atoms with van der Waals surface area (Å²) in [6.45, 7) is 0.637. The number of aromatic nitrogens is 5. The molecule has 0 spiro atoms. The summed E-state index contributed by atoms with van der Waals surface area (Å²) >= 11 is 0. The number of carbonyl (C=O) groups excluding carboxylic acids is 1. The van der Waals surface area contributed by atoms with Crippen molar-refractivity contribution in [2.75, 3.05) is 7.05 Å². The van der Waals surface area contributed by atoms with Gasteiger partial charge in [0, 0.05) is 42.0 Å². The van der Waals surface area contributed by atoms with Crippen LogP contribution >= 0.6 is 0 Å². The van der Waals surface area contributed by atoms with Crippen LogP contribution in [0.4, 0.5) is 8.78 Å². The van der Waals surface area contributed by atoms with Gasteiger partial charge in [0.05, 0.1) is 28.7 Å². The minimum absolute atomic E-state index is 0.0118. The summed E-state index contributed by atoms with van der Waals surface area (Å²) in [5.74, 6) is -0.161. The predicted octanol–water partition coefficient (Wildman–Crippen LogP) is 3.64. The fourth-order valence-corrected chi connectivity index (χ4v) is 5.15. The molecule has 0 fully saturated rings. The van der Waals surface area contributed by atoms with E-state index in [1.807, 2.05) is 26.0 Å². The second kappa shape index (κ2) is 7.76. The maximum absolute atomic E-state index is 13.3. The number of ether oxygens (including phenoxy) is 1. The van der Waals surface area contributed by atoms with Crippen LogP contribution in [0.1, 0.15) is 65.4 Å². The Kier molecular flexibility index (Phi) is 4.84. The summed E-state index contributed by atoms with van der Waals surface area (Å²) in [5, 5.41) is 4.82. The van der Waals surface area contributed by atoms with Crippen molar-refractivity contribution in [3.8, 4) is 17.0 Å². The van der Waals surface area contributed by atoms with Gasteiger partial charge in [-0.1, -0.05) is 6.07 Å². The highest BCUT2D eigenvalue weighted by molar-refractivity contribution is 5.98. The van der Waals surface area contributed by atoms with E-state index in [0.29, 0.717) is 46.0 Å². The van der Waals surface area contributed by atoms with E-state index in [9.17, 15) is 13.6 Å². The molecule has 9 nitrogen and oxygen atoms in total. The Morgan fingerprint density at radius 1 is 1.17 bits per heavy atom. The van der Waals surface area contributed by atoms with Crippen molar-refractivity contribution in [3.05, 3.63) is 71.1 Å². The molecule has 2 aliphatic rings. The van der Waals surface area contributed by atoms with E-state index in [4.69, 9.17) is 20.6 Å². The van der Waals surface area contributed by atoms with Crippen LogP contribution in [-0.2, 0) is 5.54 Å². The molecular formula is C25H23F2N7O2. The van der Waals surface area contributed by atoms with Gasteiger partial charge in [-0.15, -0.1) is 0 Å². The molecule has 2 N–H and O–H groups in total. The average molecular weight is 492 g/mol. The van der Waals surface area contributed by atoms with E-state index in [1.165, 1.54) is 6.07 Å². The number of amides is 1. The van der Waals surface area contributed by atoms with Gasteiger partial charge in [0.25, 0.3) is 5.91 Å². The number of rotatable bonds is 4. The molecule has 6 rings (SSSR count). The normalized spacial score (nSPS) is 19.0. The SMILES string of the molecule is CN1C(=O)c2cccc(OC(F)F)c2C2CC1c1nc3ccc(-c4cnc(C(C)(C)N)nc4)nn3c12. The number of alkyl halides is 2. The van der Waals surface area contributed by atoms with Crippen molar-refractivity contribution in [2.24, 2.45) is 5.73 Å². The Morgan fingerprint density at radius 3 is 2.61 bits per heavy atom. The molecule has 1 amide bonds. The number of hydrogen-bond donors (Lipinski definition) is 1. The van der Waals surface area contributed by atoms with Crippen molar-refractivity contribution in [1.29, 1.82) is 0 Å². The number of imidazole rings is 1. The van der Waals surface area contributed by atoms with Crippen molar-refractivity contribution < 1.29 is 18.3 Å². The number of hydrogen-bond acceptors (Lipinski definition) is 7. The van der Waals surface area contributed by atoms with Gasteiger partial charge in [-0.2, -0.15) is 13.9 Å². The molecule has 0 saturated carbocycles. The lowest BCUT2D eigenvalue weighted by Gasteiger charge is -2.23. The Hall–Kier alpha value is -3.99. The highest BCUT2D eigenvalue weighted by Gasteiger charge is 2.46. The lowest BCUT2D eigenvalue weighted by molar-refractivity contribution is -0.0506. The highest BCUT2D eigenvalue weighted by Crippen LogP contribution is 2.52. The minimum atomic E-state index is -3.02. The number of benzene rings is 1. The lowest BCUT2D eigenvalue weighted by Crippen LogP contribution is -2.31. The maximum atomic E-state index is 13.3. The standard InChI is InChI=1S/C25H23F2N7O2/c1-25(2,28)23-29-10-12(11-30-23)15-7-8-18-31-20-16-9-14(21(20)34(18)32-15)19-13(22(35)33(16)3)5-4-6-17(19)36-24(26)27/h4-8,10-11,14,16,24H,9,28H2,1-3H3. The number of nitrogens with zero attached hydrogens (tertiary/aromatic N) is 6. The van der Waals surface area contributed by atoms with E-state index < -0.39 is 18.1 Å². The second-order valence-corrected chi connectivity index (χ2v) is 9.70. The molecule has 2 bridgehead atoms. The van der Waals surface area contributed by atoms with Gasteiger partial charge in [-0.3, -0.25) is 4.79 Å². The monoisotopic (exact) mass is 491 g/mol. The highest BCUT2D eigenvalue weighted by atomic mass is 19.3. The maximum Gasteiger partial charge on any atom is 0.387 e. The largest absolute Gasteiger partial charge is 0.434 e. The third-order valence-corrected chi connectivity index (χ3v) is 6.82. The zero-order valence-corrected chi connectivity index (χ0v) is 19.8. The quantitative estimate of drug-likeness (QED) is 0.464. The number of fused-ring (bicyclic) bond motifs is 9. The molecule has 2 atom stereocenters. The molecule has 184 valence electrons. The fraction of sp³-hybridized carbons (Fsp3) is 0.320. The lowest BCUT2D eigenvalue weighted by atomic mass is 9.91. The van der Waals surface area contributed by atoms with E-state index >= 15 is 0 Å². The summed E-state index contributed by atoms with van der Waals surface area (Å²) in [5.41, 5.74) is 9.55. The van der Waals surface area contributed by atoms with Gasteiger partial charge in [0.1, 0.15) is 11.6 Å². The van der Waals surface area contributed by atoms with Gasteiger partial charge >= 0.3 is 6.61 Å². The minimum Gasteiger partial charge on any atom is -0.434 e. The summed E-state index contributed by atoms with van der Waals surface area (Å²) < 4.78 is 33.1. The average Bonchev–Trinajstić information content (AvgIpc) is 3.36. The van der Waals surface area contributed by atoms with Crippen LogP contribution in [0.25, 0.3) is 16.9 Å². The van der Waals surface area contributed by atoms with E-state index in [1.54, 1.807) is 41.0 Å². The Labute approximate surface area is 204 Å². The van der Waals surface area contributed by atoms with Crippen LogP contribution < -0.4 is 10.5 Å². The summed E-state index contributed by atoms with van der Waals surface area (Å²) in [4.78, 5) is 28.4. The molecule has 11 heteroatoms. The molecule has 36 heavy (non-hydrogen) atoms. The van der Waals surface area contributed by atoms with E-state index in [0.717, 1.165) is 5.69 Å². The molecule has 0 radical (unpaired) electrons. The molecule has 1 aromatic carbocycles. The molecular weight excluding hydrogens is 468 g/mol. The Bertz CT molecular complexity index is 1510. The van der Waals surface area contributed by atoms with Crippen LogP contribution in [0.2, 0.25) is 0 Å². The third-order valence-electron chi connectivity index (χ3n) is 6.82. The second-order valence-electron chi connectivity index (χ2n) is 9.70. The first-order valence-corrected chi connectivity index (χ1v) is 11.5. The Morgan fingerprint density at radius 2 is 1.92 bits per heavy atom. The Balaban J connectivity index is 1.52. The fourth-order valence-electron chi connectivity index (χ4n) is 5.15. The first kappa shape index (κ1) is 22.5. The van der Waals surface area contributed by atoms with Gasteiger partial charge in [0.15, 0.2) is 5.65 Å². The van der Waals surface area contributed by atoms with Crippen LogP contribution in [-0.4, -0.2) is 49.0 Å². The molecule has 0 saturated heterocycles. The summed E-state index contributed by atoms with van der Waals surface area (Å²) in [7, 11) is 1.70. The number of nitrogens with two attached hydrogens (primary N) is 1. The van der Waals surface area contributed by atoms with Crippen molar-refractivity contribution in [3.63, 3.8) is 0 Å². The van der Waals surface area contributed by atoms with E-state index in [2.05, 4.69) is 9.97 Å². The molecule has 1 aliphatic heterocycles. The molecule has 2 unspecified atom stereocenters. The van der Waals surface area contributed by atoms with Crippen molar-refractivity contribution in [2.45, 2.75) is 44.4 Å². The summed E-state index contributed by atoms with van der Waals surface area (Å²) in [6.07, 6.45) is 3.83.